The molecule has 0 aromatic rings. The lowest BCUT2D eigenvalue weighted by molar-refractivity contribution is -0.127. The van der Waals surface area contributed by atoms with Gasteiger partial charge in [0.05, 0.1) is 0 Å². The smallest absolute Gasteiger partial charge is 0.246 e. The minimum Gasteiger partial charge on any atom is -0.357 e. The van der Waals surface area contributed by atoms with Gasteiger partial charge >= 0.3 is 0 Å². The molecule has 2 amide bonds. The molecule has 2 atom stereocenters. The molecule has 2 N–H and O–H groups in total. The average Bonchev–Trinajstić information content (AvgIpc) is 2.26. The first-order chi connectivity index (χ1) is 7.56. The summed E-state index contributed by atoms with van der Waals surface area (Å²) >= 11 is 0. The van der Waals surface area contributed by atoms with Gasteiger partial charge in [-0.1, -0.05) is 25.2 Å². The molecular formula is C12H18N2O2. The van der Waals surface area contributed by atoms with Crippen LogP contribution in [-0.4, -0.2) is 24.9 Å². The van der Waals surface area contributed by atoms with Crippen molar-refractivity contribution in [3.63, 3.8) is 0 Å². The minimum atomic E-state index is -0.553. The molecule has 1 aliphatic rings. The Hall–Kier alpha value is -1.58. The maximum Gasteiger partial charge on any atom is 0.246 e. The minimum absolute atomic E-state index is 0.177. The second kappa shape index (κ2) is 5.49. The maximum absolute atomic E-state index is 11.7. The summed E-state index contributed by atoms with van der Waals surface area (Å²) in [5, 5.41) is 5.25. The van der Waals surface area contributed by atoms with Crippen LogP contribution in [0.3, 0.4) is 0 Å². The summed E-state index contributed by atoms with van der Waals surface area (Å²) in [6.45, 7) is 3.47. The quantitative estimate of drug-likeness (QED) is 0.740. The zero-order valence-corrected chi connectivity index (χ0v) is 9.91. The van der Waals surface area contributed by atoms with Crippen molar-refractivity contribution >= 4 is 11.8 Å². The fourth-order valence-electron chi connectivity index (χ4n) is 1.79. The van der Waals surface area contributed by atoms with Gasteiger partial charge in [0.25, 0.3) is 0 Å². The Labute approximate surface area is 95.8 Å². The van der Waals surface area contributed by atoms with Gasteiger partial charge in [-0.15, -0.1) is 0 Å². The molecule has 1 rings (SSSR count). The number of carbonyl (C=O) groups excluding carboxylic acids is 2. The van der Waals surface area contributed by atoms with E-state index < -0.39 is 6.04 Å². The van der Waals surface area contributed by atoms with Gasteiger partial charge in [0.15, 0.2) is 0 Å². The number of nitrogens with one attached hydrogen (secondary N) is 2. The average molecular weight is 222 g/mol. The lowest BCUT2D eigenvalue weighted by Gasteiger charge is -2.25. The van der Waals surface area contributed by atoms with E-state index in [1.54, 1.807) is 7.05 Å². The predicted octanol–water partition coefficient (Wildman–Crippen LogP) is 0.759. The van der Waals surface area contributed by atoms with Gasteiger partial charge in [-0.05, 0) is 17.9 Å². The number of hydrogen-bond acceptors (Lipinski definition) is 2. The van der Waals surface area contributed by atoms with Crippen LogP contribution in [0.4, 0.5) is 0 Å². The molecule has 2 unspecified atom stereocenters. The van der Waals surface area contributed by atoms with Crippen LogP contribution < -0.4 is 10.6 Å². The third kappa shape index (κ3) is 2.95. The Bertz CT molecular complexity index is 345. The SMILES string of the molecule is CNC(=O)C(NC(C)=O)C1=CC=CCC1C. The highest BCUT2D eigenvalue weighted by Gasteiger charge is 2.26. The number of likely N-dealkylation sites (N-methyl/N-ethyl adjacent to an activating group) is 1. The summed E-state index contributed by atoms with van der Waals surface area (Å²) in [6, 6.07) is -0.553. The van der Waals surface area contributed by atoms with Gasteiger partial charge in [0.2, 0.25) is 11.8 Å². The van der Waals surface area contributed by atoms with E-state index in [4.69, 9.17) is 0 Å². The van der Waals surface area contributed by atoms with E-state index in [1.165, 1.54) is 6.92 Å². The first-order valence-electron chi connectivity index (χ1n) is 5.41. The molecule has 0 bridgehead atoms. The van der Waals surface area contributed by atoms with Crippen LogP contribution in [0.1, 0.15) is 20.3 Å². The molecule has 0 radical (unpaired) electrons. The largest absolute Gasteiger partial charge is 0.357 e. The van der Waals surface area contributed by atoms with Crippen LogP contribution in [0.25, 0.3) is 0 Å². The molecule has 88 valence electrons. The van der Waals surface area contributed by atoms with Crippen molar-refractivity contribution in [3.05, 3.63) is 23.8 Å². The molecule has 4 nitrogen and oxygen atoms in total. The molecule has 16 heavy (non-hydrogen) atoms. The zero-order valence-electron chi connectivity index (χ0n) is 9.91. The van der Waals surface area contributed by atoms with E-state index in [1.807, 2.05) is 19.1 Å². The summed E-state index contributed by atoms with van der Waals surface area (Å²) in [6.07, 6.45) is 6.79. The van der Waals surface area contributed by atoms with Gasteiger partial charge in [-0.3, -0.25) is 9.59 Å². The number of hydrogen-bond donors (Lipinski definition) is 2. The topological polar surface area (TPSA) is 58.2 Å². The van der Waals surface area contributed by atoms with Crippen LogP contribution in [-0.2, 0) is 9.59 Å². The Morgan fingerprint density at radius 1 is 1.50 bits per heavy atom. The first-order valence-corrected chi connectivity index (χ1v) is 5.41. The second-order valence-electron chi connectivity index (χ2n) is 3.98. The molecular weight excluding hydrogens is 204 g/mol. The highest BCUT2D eigenvalue weighted by Crippen LogP contribution is 2.22. The van der Waals surface area contributed by atoms with Gasteiger partial charge in [0, 0.05) is 14.0 Å². The Morgan fingerprint density at radius 2 is 2.19 bits per heavy atom. The summed E-state index contributed by atoms with van der Waals surface area (Å²) in [5.74, 6) is -0.0981. The van der Waals surface area contributed by atoms with E-state index >= 15 is 0 Å². The molecule has 0 spiro atoms. The van der Waals surface area contributed by atoms with E-state index in [2.05, 4.69) is 16.7 Å². The Morgan fingerprint density at radius 3 is 2.69 bits per heavy atom. The number of carbonyl (C=O) groups is 2. The normalized spacial score (nSPS) is 20.9. The third-order valence-electron chi connectivity index (χ3n) is 2.67. The molecule has 0 saturated carbocycles. The standard InChI is InChI=1S/C12H18N2O2/c1-8-6-4-5-7-10(8)11(12(16)13-3)14-9(2)15/h4-5,7-8,11H,6H2,1-3H3,(H,13,16)(H,14,15). The van der Waals surface area contributed by atoms with Gasteiger partial charge in [0.1, 0.15) is 6.04 Å². The van der Waals surface area contributed by atoms with Crippen LogP contribution in [0, 0.1) is 5.92 Å². The van der Waals surface area contributed by atoms with Gasteiger partial charge in [-0.25, -0.2) is 0 Å². The number of allylic oxidation sites excluding steroid dienone is 3. The summed E-state index contributed by atoms with van der Waals surface area (Å²) in [5.41, 5.74) is 0.956. The molecule has 0 aliphatic heterocycles. The van der Waals surface area contributed by atoms with Crippen molar-refractivity contribution in [1.29, 1.82) is 0 Å². The number of amides is 2. The van der Waals surface area contributed by atoms with Gasteiger partial charge < -0.3 is 10.6 Å². The zero-order chi connectivity index (χ0) is 12.1. The van der Waals surface area contributed by atoms with Crippen molar-refractivity contribution in [2.45, 2.75) is 26.3 Å². The third-order valence-corrected chi connectivity index (χ3v) is 2.67. The van der Waals surface area contributed by atoms with Crippen molar-refractivity contribution in [3.8, 4) is 0 Å². The van der Waals surface area contributed by atoms with Crippen molar-refractivity contribution in [2.24, 2.45) is 5.92 Å². The Kier molecular flexibility index (Phi) is 4.28. The van der Waals surface area contributed by atoms with Crippen molar-refractivity contribution in [2.75, 3.05) is 7.05 Å². The van der Waals surface area contributed by atoms with Crippen molar-refractivity contribution < 1.29 is 9.59 Å². The summed E-state index contributed by atoms with van der Waals surface area (Å²) < 4.78 is 0. The summed E-state index contributed by atoms with van der Waals surface area (Å²) in [4.78, 5) is 22.8. The molecule has 1 aliphatic carbocycles. The van der Waals surface area contributed by atoms with E-state index in [0.29, 0.717) is 0 Å². The highest BCUT2D eigenvalue weighted by molar-refractivity contribution is 5.89. The van der Waals surface area contributed by atoms with E-state index in [-0.39, 0.29) is 17.7 Å². The van der Waals surface area contributed by atoms with E-state index in [0.717, 1.165) is 12.0 Å². The lowest BCUT2D eigenvalue weighted by Crippen LogP contribution is -2.47. The fourth-order valence-corrected chi connectivity index (χ4v) is 1.79. The first kappa shape index (κ1) is 12.5. The molecule has 0 aromatic heterocycles. The van der Waals surface area contributed by atoms with Gasteiger partial charge in [-0.2, -0.15) is 0 Å². The molecule has 0 aromatic carbocycles. The van der Waals surface area contributed by atoms with Crippen LogP contribution in [0.2, 0.25) is 0 Å². The van der Waals surface area contributed by atoms with Crippen LogP contribution >= 0.6 is 0 Å². The highest BCUT2D eigenvalue weighted by atomic mass is 16.2. The predicted molar refractivity (Wildman–Crippen MR) is 62.7 cm³/mol. The van der Waals surface area contributed by atoms with E-state index in [9.17, 15) is 9.59 Å². The molecule has 0 heterocycles. The number of rotatable bonds is 3. The fraction of sp³-hybridized carbons (Fsp3) is 0.500. The molecule has 0 fully saturated rings. The van der Waals surface area contributed by atoms with Crippen molar-refractivity contribution in [1.82, 2.24) is 10.6 Å². The maximum atomic E-state index is 11.7. The molecule has 0 saturated heterocycles. The molecule has 4 heteroatoms. The second-order valence-corrected chi connectivity index (χ2v) is 3.98. The monoisotopic (exact) mass is 222 g/mol. The van der Waals surface area contributed by atoms with Crippen LogP contribution in [0.15, 0.2) is 23.8 Å². The summed E-state index contributed by atoms with van der Waals surface area (Å²) in [7, 11) is 1.57. The lowest BCUT2D eigenvalue weighted by atomic mass is 9.87. The Balaban J connectivity index is 2.91. The van der Waals surface area contributed by atoms with Crippen LogP contribution in [0.5, 0.6) is 0 Å².